The van der Waals surface area contributed by atoms with Gasteiger partial charge in [-0.05, 0) is 19.1 Å². The first-order valence-corrected chi connectivity index (χ1v) is 6.19. The van der Waals surface area contributed by atoms with Crippen LogP contribution in [0.25, 0.3) is 10.9 Å². The number of para-hydroxylation sites is 1. The number of carbonyl (C=O) groups is 3. The third-order valence-corrected chi connectivity index (χ3v) is 2.81. The van der Waals surface area contributed by atoms with Gasteiger partial charge in [0, 0.05) is 10.9 Å². The molecular formula is C14H14N2O5. The van der Waals surface area contributed by atoms with Gasteiger partial charge < -0.3 is 14.5 Å². The van der Waals surface area contributed by atoms with Crippen LogP contribution < -0.4 is 5.32 Å². The lowest BCUT2D eigenvalue weighted by molar-refractivity contribution is -0.128. The van der Waals surface area contributed by atoms with Crippen molar-refractivity contribution >= 4 is 28.9 Å². The summed E-state index contributed by atoms with van der Waals surface area (Å²) in [6, 6.07) is 8.97. The molecule has 2 amide bonds. The number of imide groups is 1. The molecule has 2 aromatic rings. The van der Waals surface area contributed by atoms with Gasteiger partial charge in [0.2, 0.25) is 0 Å². The fourth-order valence-electron chi connectivity index (χ4n) is 1.71. The van der Waals surface area contributed by atoms with E-state index in [9.17, 15) is 14.4 Å². The van der Waals surface area contributed by atoms with Crippen molar-refractivity contribution in [3.05, 3.63) is 36.0 Å². The number of amides is 2. The number of fused-ring (bicyclic) bond motifs is 1. The van der Waals surface area contributed by atoms with Crippen molar-refractivity contribution < 1.29 is 23.9 Å². The predicted molar refractivity (Wildman–Crippen MR) is 73.7 cm³/mol. The number of carbonyl (C=O) groups excluding carboxylic acids is 3. The molecule has 110 valence electrons. The second-order valence-corrected chi connectivity index (χ2v) is 4.30. The van der Waals surface area contributed by atoms with Crippen LogP contribution in [0.4, 0.5) is 4.79 Å². The number of esters is 1. The topological polar surface area (TPSA) is 97.5 Å². The Bertz CT molecular complexity index is 658. The SMILES string of the molecule is COC(=O)NC(=O)[C@H](C)OC(=O)c1cc2ccccc2[nH]1. The maximum Gasteiger partial charge on any atom is 0.413 e. The molecule has 7 heteroatoms. The first-order valence-electron chi connectivity index (χ1n) is 6.19. The number of aromatic nitrogens is 1. The molecule has 0 radical (unpaired) electrons. The van der Waals surface area contributed by atoms with Crippen LogP contribution in [0.3, 0.4) is 0 Å². The van der Waals surface area contributed by atoms with Crippen LogP contribution in [0.15, 0.2) is 30.3 Å². The molecule has 0 bridgehead atoms. The molecule has 1 heterocycles. The van der Waals surface area contributed by atoms with Gasteiger partial charge in [-0.25, -0.2) is 9.59 Å². The maximum atomic E-state index is 11.9. The van der Waals surface area contributed by atoms with E-state index < -0.39 is 24.1 Å². The van der Waals surface area contributed by atoms with Gasteiger partial charge in [-0.3, -0.25) is 10.1 Å². The second-order valence-electron chi connectivity index (χ2n) is 4.30. The summed E-state index contributed by atoms with van der Waals surface area (Å²) in [5.41, 5.74) is 1.02. The summed E-state index contributed by atoms with van der Waals surface area (Å²) in [4.78, 5) is 37.3. The van der Waals surface area contributed by atoms with Crippen LogP contribution >= 0.6 is 0 Å². The molecule has 21 heavy (non-hydrogen) atoms. The molecule has 0 unspecified atom stereocenters. The van der Waals surface area contributed by atoms with E-state index in [-0.39, 0.29) is 5.69 Å². The Balaban J connectivity index is 2.03. The third-order valence-electron chi connectivity index (χ3n) is 2.81. The first kappa shape index (κ1) is 14.6. The lowest BCUT2D eigenvalue weighted by Gasteiger charge is -2.11. The van der Waals surface area contributed by atoms with Crippen molar-refractivity contribution in [1.29, 1.82) is 0 Å². The number of H-pyrrole nitrogens is 1. The molecule has 1 atom stereocenters. The Labute approximate surface area is 120 Å². The van der Waals surface area contributed by atoms with Crippen molar-refractivity contribution in [3.63, 3.8) is 0 Å². The fraction of sp³-hybridized carbons (Fsp3) is 0.214. The normalized spacial score (nSPS) is 11.7. The number of methoxy groups -OCH3 is 1. The summed E-state index contributed by atoms with van der Waals surface area (Å²) >= 11 is 0. The number of alkyl carbamates (subject to hydrolysis) is 1. The van der Waals surface area contributed by atoms with E-state index in [1.165, 1.54) is 6.92 Å². The molecule has 0 saturated heterocycles. The highest BCUT2D eigenvalue weighted by atomic mass is 16.6. The minimum atomic E-state index is -1.12. The maximum absolute atomic E-state index is 11.9. The average molecular weight is 290 g/mol. The molecule has 1 aromatic carbocycles. The molecule has 0 aliphatic rings. The third kappa shape index (κ3) is 3.38. The van der Waals surface area contributed by atoms with Gasteiger partial charge in [-0.2, -0.15) is 0 Å². The molecule has 0 aliphatic heterocycles. The molecule has 2 rings (SSSR count). The van der Waals surface area contributed by atoms with E-state index in [4.69, 9.17) is 4.74 Å². The van der Waals surface area contributed by atoms with Gasteiger partial charge in [-0.15, -0.1) is 0 Å². The Morgan fingerprint density at radius 2 is 1.95 bits per heavy atom. The van der Waals surface area contributed by atoms with Crippen LogP contribution in [-0.2, 0) is 14.3 Å². The van der Waals surface area contributed by atoms with Gasteiger partial charge in [0.25, 0.3) is 5.91 Å². The number of nitrogens with one attached hydrogen (secondary N) is 2. The number of hydrogen-bond donors (Lipinski definition) is 2. The van der Waals surface area contributed by atoms with Crippen LogP contribution in [-0.4, -0.2) is 36.2 Å². The van der Waals surface area contributed by atoms with E-state index >= 15 is 0 Å². The molecule has 2 N–H and O–H groups in total. The van der Waals surface area contributed by atoms with Crippen LogP contribution in [0.1, 0.15) is 17.4 Å². The number of hydrogen-bond acceptors (Lipinski definition) is 5. The zero-order valence-corrected chi connectivity index (χ0v) is 11.5. The monoisotopic (exact) mass is 290 g/mol. The Morgan fingerprint density at radius 3 is 2.62 bits per heavy atom. The number of aromatic amines is 1. The highest BCUT2D eigenvalue weighted by Gasteiger charge is 2.21. The molecule has 0 spiro atoms. The zero-order chi connectivity index (χ0) is 15.4. The molecule has 0 fully saturated rings. The molecule has 0 aliphatic carbocycles. The van der Waals surface area contributed by atoms with Crippen molar-refractivity contribution in [2.75, 3.05) is 7.11 Å². The minimum absolute atomic E-state index is 0.230. The summed E-state index contributed by atoms with van der Waals surface area (Å²) in [5.74, 6) is -1.44. The number of rotatable bonds is 3. The predicted octanol–water partition coefficient (Wildman–Crippen LogP) is 1.60. The lowest BCUT2D eigenvalue weighted by Crippen LogP contribution is -2.39. The Morgan fingerprint density at radius 1 is 1.24 bits per heavy atom. The number of ether oxygens (including phenoxy) is 2. The van der Waals surface area contributed by atoms with Crippen LogP contribution in [0, 0.1) is 0 Å². The molecule has 0 saturated carbocycles. The van der Waals surface area contributed by atoms with E-state index in [1.807, 2.05) is 29.6 Å². The van der Waals surface area contributed by atoms with Gasteiger partial charge in [0.05, 0.1) is 7.11 Å². The van der Waals surface area contributed by atoms with E-state index in [0.29, 0.717) is 0 Å². The van der Waals surface area contributed by atoms with Crippen LogP contribution in [0.2, 0.25) is 0 Å². The highest BCUT2D eigenvalue weighted by molar-refractivity contribution is 5.98. The summed E-state index contributed by atoms with van der Waals surface area (Å²) in [7, 11) is 1.13. The second kappa shape index (κ2) is 6.08. The average Bonchev–Trinajstić information content (AvgIpc) is 2.90. The molecule has 1 aromatic heterocycles. The largest absolute Gasteiger partial charge is 0.453 e. The highest BCUT2D eigenvalue weighted by Crippen LogP contribution is 2.15. The standard InChI is InChI=1S/C14H14N2O5/c1-8(12(17)16-14(19)20-2)21-13(18)11-7-9-5-3-4-6-10(9)15-11/h3-8,15H,1-2H3,(H,16,17,19)/t8-/m0/s1. The lowest BCUT2D eigenvalue weighted by atomic mass is 10.2. The van der Waals surface area contributed by atoms with Crippen molar-refractivity contribution in [3.8, 4) is 0 Å². The van der Waals surface area contributed by atoms with E-state index in [2.05, 4.69) is 9.72 Å². The van der Waals surface area contributed by atoms with Gasteiger partial charge in [-0.1, -0.05) is 18.2 Å². The minimum Gasteiger partial charge on any atom is -0.453 e. The van der Waals surface area contributed by atoms with Crippen molar-refractivity contribution in [2.24, 2.45) is 0 Å². The van der Waals surface area contributed by atoms with E-state index in [1.54, 1.807) is 6.07 Å². The first-order chi connectivity index (χ1) is 10.0. The van der Waals surface area contributed by atoms with Crippen LogP contribution in [0.5, 0.6) is 0 Å². The molecular weight excluding hydrogens is 276 g/mol. The Hall–Kier alpha value is -2.83. The Kier molecular flexibility index (Phi) is 4.22. The van der Waals surface area contributed by atoms with Gasteiger partial charge in [0.15, 0.2) is 6.10 Å². The zero-order valence-electron chi connectivity index (χ0n) is 11.5. The fourth-order valence-corrected chi connectivity index (χ4v) is 1.71. The summed E-state index contributed by atoms with van der Waals surface area (Å²) in [6.45, 7) is 1.36. The number of benzene rings is 1. The van der Waals surface area contributed by atoms with Crippen molar-refractivity contribution in [2.45, 2.75) is 13.0 Å². The van der Waals surface area contributed by atoms with Gasteiger partial charge >= 0.3 is 12.1 Å². The summed E-state index contributed by atoms with van der Waals surface area (Å²) in [6.07, 6.45) is -2.03. The summed E-state index contributed by atoms with van der Waals surface area (Å²) < 4.78 is 9.27. The quantitative estimate of drug-likeness (QED) is 0.837. The smallest absolute Gasteiger partial charge is 0.413 e. The van der Waals surface area contributed by atoms with Crippen molar-refractivity contribution in [1.82, 2.24) is 10.3 Å². The van der Waals surface area contributed by atoms with Gasteiger partial charge in [0.1, 0.15) is 5.69 Å². The molecule has 7 nitrogen and oxygen atoms in total. The van der Waals surface area contributed by atoms with E-state index in [0.717, 1.165) is 18.0 Å². The summed E-state index contributed by atoms with van der Waals surface area (Å²) in [5, 5.41) is 2.78.